The van der Waals surface area contributed by atoms with Crippen LogP contribution in [0.4, 0.5) is 0 Å². The summed E-state index contributed by atoms with van der Waals surface area (Å²) in [4.78, 5) is 37.8. The summed E-state index contributed by atoms with van der Waals surface area (Å²) >= 11 is 0. The second-order valence-corrected chi connectivity index (χ2v) is 6.41. The van der Waals surface area contributed by atoms with Gasteiger partial charge in [-0.1, -0.05) is 13.8 Å². The average molecular weight is 343 g/mol. The Hall–Kier alpha value is -2.88. The number of nitrogens with zero attached hydrogens (tertiary/aromatic N) is 2. The minimum absolute atomic E-state index is 0.190. The van der Waals surface area contributed by atoms with Crippen molar-refractivity contribution >= 4 is 17.8 Å². The molecule has 1 saturated heterocycles. The summed E-state index contributed by atoms with van der Waals surface area (Å²) < 4.78 is 0. The van der Waals surface area contributed by atoms with Crippen LogP contribution in [-0.2, 0) is 9.59 Å². The van der Waals surface area contributed by atoms with E-state index in [4.69, 9.17) is 5.26 Å². The van der Waals surface area contributed by atoms with Crippen LogP contribution in [0.1, 0.15) is 42.6 Å². The number of amides is 2. The molecule has 132 valence electrons. The number of benzene rings is 1. The Morgan fingerprint density at radius 2 is 1.92 bits per heavy atom. The normalized spacial score (nSPS) is 17.8. The van der Waals surface area contributed by atoms with E-state index in [9.17, 15) is 19.5 Å². The molecular weight excluding hydrogens is 322 g/mol. The van der Waals surface area contributed by atoms with Crippen LogP contribution in [0.5, 0.6) is 0 Å². The number of aliphatic carboxylic acids is 1. The molecule has 1 aliphatic heterocycles. The van der Waals surface area contributed by atoms with Gasteiger partial charge in [0.25, 0.3) is 5.91 Å². The zero-order valence-electron chi connectivity index (χ0n) is 14.2. The lowest BCUT2D eigenvalue weighted by molar-refractivity contribution is -0.149. The van der Waals surface area contributed by atoms with Crippen LogP contribution in [-0.4, -0.2) is 46.4 Å². The third-order valence-electron chi connectivity index (χ3n) is 4.32. The number of nitrogens with one attached hydrogen (secondary N) is 1. The summed E-state index contributed by atoms with van der Waals surface area (Å²) in [6.07, 6.45) is 1.06. The minimum atomic E-state index is -1.02. The number of hydrogen-bond donors (Lipinski definition) is 2. The molecule has 2 atom stereocenters. The van der Waals surface area contributed by atoms with E-state index in [0.29, 0.717) is 30.5 Å². The molecule has 1 aromatic rings. The van der Waals surface area contributed by atoms with Gasteiger partial charge in [-0.3, -0.25) is 9.59 Å². The van der Waals surface area contributed by atoms with E-state index in [2.05, 4.69) is 5.32 Å². The zero-order chi connectivity index (χ0) is 18.6. The third-order valence-corrected chi connectivity index (χ3v) is 4.32. The molecule has 2 rings (SSSR count). The second kappa shape index (κ2) is 7.79. The molecule has 0 aliphatic carbocycles. The van der Waals surface area contributed by atoms with Crippen molar-refractivity contribution in [1.82, 2.24) is 10.2 Å². The van der Waals surface area contributed by atoms with E-state index in [1.807, 2.05) is 6.07 Å². The van der Waals surface area contributed by atoms with Crippen LogP contribution >= 0.6 is 0 Å². The van der Waals surface area contributed by atoms with E-state index >= 15 is 0 Å². The highest BCUT2D eigenvalue weighted by Crippen LogP contribution is 2.20. The molecule has 1 aromatic carbocycles. The summed E-state index contributed by atoms with van der Waals surface area (Å²) in [5, 5.41) is 20.8. The van der Waals surface area contributed by atoms with Crippen molar-refractivity contribution < 1.29 is 19.5 Å². The zero-order valence-corrected chi connectivity index (χ0v) is 14.2. The summed E-state index contributed by atoms with van der Waals surface area (Å²) in [7, 11) is 0. The van der Waals surface area contributed by atoms with Crippen LogP contribution in [0, 0.1) is 17.2 Å². The van der Waals surface area contributed by atoms with Gasteiger partial charge in [-0.25, -0.2) is 4.79 Å². The van der Waals surface area contributed by atoms with Crippen molar-refractivity contribution in [3.8, 4) is 6.07 Å². The van der Waals surface area contributed by atoms with Gasteiger partial charge >= 0.3 is 5.97 Å². The molecule has 0 saturated carbocycles. The van der Waals surface area contributed by atoms with E-state index in [1.54, 1.807) is 13.8 Å². The summed E-state index contributed by atoms with van der Waals surface area (Å²) in [5.74, 6) is -2.01. The van der Waals surface area contributed by atoms with Gasteiger partial charge in [0.15, 0.2) is 0 Å². The summed E-state index contributed by atoms with van der Waals surface area (Å²) in [6.45, 7) is 3.98. The predicted molar refractivity (Wildman–Crippen MR) is 89.6 cm³/mol. The van der Waals surface area contributed by atoms with Crippen LogP contribution in [0.15, 0.2) is 24.3 Å². The highest BCUT2D eigenvalue weighted by atomic mass is 16.4. The molecule has 1 fully saturated rings. The summed E-state index contributed by atoms with van der Waals surface area (Å²) in [6, 6.07) is 6.44. The lowest BCUT2D eigenvalue weighted by Gasteiger charge is -2.29. The van der Waals surface area contributed by atoms with E-state index < -0.39 is 24.0 Å². The Morgan fingerprint density at radius 3 is 2.44 bits per heavy atom. The topological polar surface area (TPSA) is 111 Å². The Labute approximate surface area is 146 Å². The number of carboxylic acids is 1. The third kappa shape index (κ3) is 4.15. The van der Waals surface area contributed by atoms with Crippen LogP contribution in [0.25, 0.3) is 0 Å². The van der Waals surface area contributed by atoms with Gasteiger partial charge < -0.3 is 15.3 Å². The van der Waals surface area contributed by atoms with Gasteiger partial charge in [-0.15, -0.1) is 0 Å². The number of nitriles is 1. The molecule has 0 radical (unpaired) electrons. The van der Waals surface area contributed by atoms with Crippen molar-refractivity contribution in [2.45, 2.75) is 38.8 Å². The molecule has 1 heterocycles. The molecule has 25 heavy (non-hydrogen) atoms. The maximum absolute atomic E-state index is 12.8. The van der Waals surface area contributed by atoms with Gasteiger partial charge in [0.2, 0.25) is 5.91 Å². The maximum Gasteiger partial charge on any atom is 0.326 e. The second-order valence-electron chi connectivity index (χ2n) is 6.41. The van der Waals surface area contributed by atoms with Crippen molar-refractivity contribution in [3.63, 3.8) is 0 Å². The SMILES string of the molecule is CC(C)C(NC(=O)c1ccc(C#N)cc1)C(=O)N1CCC[C@H]1C(=O)O. The smallest absolute Gasteiger partial charge is 0.326 e. The number of carboxylic acid groups (broad SMARTS) is 1. The van der Waals surface area contributed by atoms with Crippen LogP contribution < -0.4 is 5.32 Å². The first-order valence-corrected chi connectivity index (χ1v) is 8.19. The monoisotopic (exact) mass is 343 g/mol. The fourth-order valence-corrected chi connectivity index (χ4v) is 2.90. The lowest BCUT2D eigenvalue weighted by Crippen LogP contribution is -2.53. The summed E-state index contributed by atoms with van der Waals surface area (Å²) in [5.41, 5.74) is 0.781. The van der Waals surface area contributed by atoms with Gasteiger partial charge in [0.1, 0.15) is 12.1 Å². The van der Waals surface area contributed by atoms with E-state index in [1.165, 1.54) is 29.2 Å². The van der Waals surface area contributed by atoms with Crippen molar-refractivity contribution in [3.05, 3.63) is 35.4 Å². The number of rotatable bonds is 5. The van der Waals surface area contributed by atoms with Crippen molar-refractivity contribution in [1.29, 1.82) is 5.26 Å². The molecule has 2 amide bonds. The quantitative estimate of drug-likeness (QED) is 0.839. The molecule has 1 unspecified atom stereocenters. The highest BCUT2D eigenvalue weighted by Gasteiger charge is 2.38. The lowest BCUT2D eigenvalue weighted by atomic mass is 10.0. The molecule has 7 nitrogen and oxygen atoms in total. The fourth-order valence-electron chi connectivity index (χ4n) is 2.90. The molecule has 7 heteroatoms. The molecule has 2 N–H and O–H groups in total. The van der Waals surface area contributed by atoms with Crippen molar-refractivity contribution in [2.75, 3.05) is 6.54 Å². The molecule has 0 aromatic heterocycles. The first-order valence-electron chi connectivity index (χ1n) is 8.19. The van der Waals surface area contributed by atoms with Gasteiger partial charge in [-0.05, 0) is 43.0 Å². The Kier molecular flexibility index (Phi) is 5.75. The fraction of sp³-hybridized carbons (Fsp3) is 0.444. The van der Waals surface area contributed by atoms with Crippen molar-refractivity contribution in [2.24, 2.45) is 5.92 Å². The number of likely N-dealkylation sites (tertiary alicyclic amines) is 1. The average Bonchev–Trinajstić information content (AvgIpc) is 3.08. The number of carbonyl (C=O) groups is 3. The molecule has 1 aliphatic rings. The first kappa shape index (κ1) is 18.5. The van der Waals surface area contributed by atoms with E-state index in [0.717, 1.165) is 0 Å². The molecule has 0 bridgehead atoms. The standard InChI is InChI=1S/C18H21N3O4/c1-11(2)15(17(23)21-9-3-4-14(21)18(24)25)20-16(22)13-7-5-12(10-19)6-8-13/h5-8,11,14-15H,3-4,9H2,1-2H3,(H,20,22)(H,24,25)/t14-,15?/m0/s1. The minimum Gasteiger partial charge on any atom is -0.480 e. The largest absolute Gasteiger partial charge is 0.480 e. The highest BCUT2D eigenvalue weighted by molar-refractivity contribution is 5.98. The number of hydrogen-bond acceptors (Lipinski definition) is 4. The Morgan fingerprint density at radius 1 is 1.28 bits per heavy atom. The van der Waals surface area contributed by atoms with Gasteiger partial charge in [0.05, 0.1) is 11.6 Å². The Bertz CT molecular complexity index is 706. The maximum atomic E-state index is 12.8. The predicted octanol–water partition coefficient (Wildman–Crippen LogP) is 1.39. The first-order chi connectivity index (χ1) is 11.8. The molecule has 0 spiro atoms. The number of carbonyl (C=O) groups excluding carboxylic acids is 2. The van der Waals surface area contributed by atoms with Gasteiger partial charge in [-0.2, -0.15) is 5.26 Å². The van der Waals surface area contributed by atoms with Crippen LogP contribution in [0.2, 0.25) is 0 Å². The molecular formula is C18H21N3O4. The van der Waals surface area contributed by atoms with Crippen LogP contribution in [0.3, 0.4) is 0 Å². The Balaban J connectivity index is 2.14. The van der Waals surface area contributed by atoms with E-state index in [-0.39, 0.29) is 11.8 Å². The van der Waals surface area contributed by atoms with Gasteiger partial charge in [0, 0.05) is 12.1 Å².